The van der Waals surface area contributed by atoms with Crippen LogP contribution in [0.15, 0.2) is 24.3 Å². The summed E-state index contributed by atoms with van der Waals surface area (Å²) in [6.07, 6.45) is -4.01. The lowest BCUT2D eigenvalue weighted by Gasteiger charge is -2.33. The quantitative estimate of drug-likeness (QED) is 0.721. The number of benzene rings is 1. The molecule has 0 spiro atoms. The molecule has 5 rings (SSSR count). The Kier molecular flexibility index (Phi) is 5.09. The Bertz CT molecular complexity index is 1090. The van der Waals surface area contributed by atoms with E-state index in [0.29, 0.717) is 43.0 Å². The van der Waals surface area contributed by atoms with Gasteiger partial charge in [-0.1, -0.05) is 6.07 Å². The number of alkyl halides is 3. The largest absolute Gasteiger partial charge is 0.454 e. The summed E-state index contributed by atoms with van der Waals surface area (Å²) in [5, 5.41) is 7.10. The number of primary amides is 1. The van der Waals surface area contributed by atoms with Crippen molar-refractivity contribution in [3.8, 4) is 11.5 Å². The summed E-state index contributed by atoms with van der Waals surface area (Å²) < 4.78 is 53.3. The number of anilines is 1. The first-order valence-electron chi connectivity index (χ1n) is 10.6. The topological polar surface area (TPSA) is 112 Å². The average molecular weight is 465 g/mol. The molecule has 12 heteroatoms. The number of likely N-dealkylation sites (tertiary alicyclic amines) is 1. The van der Waals surface area contributed by atoms with E-state index in [1.54, 1.807) is 18.2 Å². The predicted octanol–water partition coefficient (Wildman–Crippen LogP) is 2.61. The van der Waals surface area contributed by atoms with Crippen LogP contribution in [-0.4, -0.2) is 52.6 Å². The monoisotopic (exact) mass is 465 g/mol. The molecule has 1 fully saturated rings. The van der Waals surface area contributed by atoms with E-state index in [-0.39, 0.29) is 30.6 Å². The molecule has 176 valence electrons. The van der Waals surface area contributed by atoms with Gasteiger partial charge < -0.3 is 25.4 Å². The fourth-order valence-corrected chi connectivity index (χ4v) is 4.56. The van der Waals surface area contributed by atoms with E-state index in [0.717, 1.165) is 4.68 Å². The number of hydrogen-bond donors (Lipinski definition) is 2. The van der Waals surface area contributed by atoms with Crippen LogP contribution in [0.3, 0.4) is 0 Å². The maximum Gasteiger partial charge on any atom is 0.410 e. The second-order valence-corrected chi connectivity index (χ2v) is 8.43. The number of rotatable bonds is 3. The molecule has 1 aromatic carbocycles. The van der Waals surface area contributed by atoms with Crippen LogP contribution in [0.25, 0.3) is 0 Å². The molecule has 3 aliphatic rings. The number of aromatic nitrogens is 2. The number of nitrogens with one attached hydrogen (secondary N) is 1. The van der Waals surface area contributed by atoms with Crippen LogP contribution in [0.5, 0.6) is 11.5 Å². The molecule has 0 bridgehead atoms. The van der Waals surface area contributed by atoms with Gasteiger partial charge in [0, 0.05) is 31.5 Å². The molecular formula is C21H22F3N5O4. The van der Waals surface area contributed by atoms with E-state index >= 15 is 0 Å². The number of nitrogens with two attached hydrogens (primary N) is 1. The minimum atomic E-state index is -4.56. The van der Waals surface area contributed by atoms with Gasteiger partial charge in [0.05, 0.1) is 6.04 Å². The van der Waals surface area contributed by atoms with E-state index in [4.69, 9.17) is 15.2 Å². The first-order chi connectivity index (χ1) is 15.7. The lowest BCUT2D eigenvalue weighted by molar-refractivity contribution is -0.173. The van der Waals surface area contributed by atoms with Gasteiger partial charge in [-0.25, -0.2) is 4.68 Å². The Morgan fingerprint density at radius 2 is 1.85 bits per heavy atom. The molecule has 1 aromatic heterocycles. The molecular weight excluding hydrogens is 443 g/mol. The summed E-state index contributed by atoms with van der Waals surface area (Å²) in [6.45, 7) is 0.659. The fourth-order valence-electron chi connectivity index (χ4n) is 4.56. The summed E-state index contributed by atoms with van der Waals surface area (Å²) >= 11 is 0. The van der Waals surface area contributed by atoms with Gasteiger partial charge in [0.2, 0.25) is 12.7 Å². The molecule has 2 unspecified atom stereocenters. The minimum absolute atomic E-state index is 0.0665. The number of carbonyl (C=O) groups is 2. The van der Waals surface area contributed by atoms with Crippen LogP contribution < -0.4 is 20.5 Å². The van der Waals surface area contributed by atoms with E-state index in [1.807, 2.05) is 0 Å². The molecule has 4 heterocycles. The molecule has 2 amide bonds. The Morgan fingerprint density at radius 3 is 2.55 bits per heavy atom. The molecule has 0 aliphatic carbocycles. The summed E-state index contributed by atoms with van der Waals surface area (Å²) in [5.74, 6) is -0.0507. The van der Waals surface area contributed by atoms with E-state index < -0.39 is 30.1 Å². The molecule has 0 radical (unpaired) electrons. The standard InChI is InChI=1S/C21H22F3N5O4/c22-21(23,24)17-8-13(12-1-2-15-16(7-12)33-10-32-15)26-18-9-14(27-29(17)18)20(31)28-5-3-11(4-6-28)19(25)30/h1-2,7,9,11,13,17,26H,3-6,8,10H2,(H2,25,30). The Morgan fingerprint density at radius 1 is 1.12 bits per heavy atom. The van der Waals surface area contributed by atoms with Crippen LogP contribution in [0.4, 0.5) is 19.0 Å². The molecule has 2 aromatic rings. The van der Waals surface area contributed by atoms with Gasteiger partial charge in [-0.2, -0.15) is 18.3 Å². The normalized spacial score (nSPS) is 22.6. The van der Waals surface area contributed by atoms with Gasteiger partial charge >= 0.3 is 6.18 Å². The van der Waals surface area contributed by atoms with Crippen molar-refractivity contribution in [2.24, 2.45) is 11.7 Å². The Hall–Kier alpha value is -3.44. The Labute approximate surface area is 186 Å². The maximum atomic E-state index is 13.9. The molecule has 33 heavy (non-hydrogen) atoms. The highest BCUT2D eigenvalue weighted by Gasteiger charge is 2.47. The highest BCUT2D eigenvalue weighted by atomic mass is 19.4. The smallest absolute Gasteiger partial charge is 0.410 e. The summed E-state index contributed by atoms with van der Waals surface area (Å²) in [7, 11) is 0. The van der Waals surface area contributed by atoms with E-state index in [2.05, 4.69) is 10.4 Å². The highest BCUT2D eigenvalue weighted by Crippen LogP contribution is 2.45. The zero-order chi connectivity index (χ0) is 23.3. The van der Waals surface area contributed by atoms with Gasteiger partial charge in [0.15, 0.2) is 23.2 Å². The number of piperidine rings is 1. The van der Waals surface area contributed by atoms with Crippen LogP contribution >= 0.6 is 0 Å². The lowest BCUT2D eigenvalue weighted by atomic mass is 9.96. The first kappa shape index (κ1) is 21.4. The third-order valence-electron chi connectivity index (χ3n) is 6.39. The summed E-state index contributed by atoms with van der Waals surface area (Å²) in [4.78, 5) is 25.8. The fraction of sp³-hybridized carbons (Fsp3) is 0.476. The van der Waals surface area contributed by atoms with Crippen LogP contribution in [-0.2, 0) is 4.79 Å². The Balaban J connectivity index is 1.40. The number of halogens is 3. The van der Waals surface area contributed by atoms with Gasteiger partial charge in [-0.3, -0.25) is 9.59 Å². The van der Waals surface area contributed by atoms with Crippen molar-refractivity contribution < 1.29 is 32.2 Å². The zero-order valence-electron chi connectivity index (χ0n) is 17.5. The molecule has 0 saturated carbocycles. The third-order valence-corrected chi connectivity index (χ3v) is 6.39. The summed E-state index contributed by atoms with van der Waals surface area (Å²) in [6, 6.07) is 3.81. The van der Waals surface area contributed by atoms with Crippen molar-refractivity contribution in [1.82, 2.24) is 14.7 Å². The molecule has 3 aliphatic heterocycles. The van der Waals surface area contributed by atoms with Gasteiger partial charge in [0.1, 0.15) is 5.82 Å². The number of hydrogen-bond acceptors (Lipinski definition) is 6. The van der Waals surface area contributed by atoms with Crippen molar-refractivity contribution in [2.45, 2.75) is 37.5 Å². The number of carbonyl (C=O) groups excluding carboxylic acids is 2. The minimum Gasteiger partial charge on any atom is -0.454 e. The molecule has 2 atom stereocenters. The number of ether oxygens (including phenoxy) is 2. The molecule has 3 N–H and O–H groups in total. The van der Waals surface area contributed by atoms with Gasteiger partial charge in [-0.15, -0.1) is 0 Å². The summed E-state index contributed by atoms with van der Waals surface area (Å²) in [5.41, 5.74) is 5.87. The van der Waals surface area contributed by atoms with E-state index in [1.165, 1.54) is 11.0 Å². The SMILES string of the molecule is NC(=O)C1CCN(C(=O)c2cc3n(n2)C(C(F)(F)F)CC(c2ccc4c(c2)OCO4)N3)CC1. The van der Waals surface area contributed by atoms with Gasteiger partial charge in [-0.05, 0) is 30.5 Å². The van der Waals surface area contributed by atoms with Crippen LogP contribution in [0.1, 0.15) is 47.4 Å². The zero-order valence-corrected chi connectivity index (χ0v) is 17.5. The number of nitrogens with zero attached hydrogens (tertiary/aromatic N) is 3. The van der Waals surface area contributed by atoms with Crippen LogP contribution in [0.2, 0.25) is 0 Å². The maximum absolute atomic E-state index is 13.9. The number of amides is 2. The average Bonchev–Trinajstić information content (AvgIpc) is 3.43. The van der Waals surface area contributed by atoms with Crippen molar-refractivity contribution in [3.05, 3.63) is 35.5 Å². The van der Waals surface area contributed by atoms with E-state index in [9.17, 15) is 22.8 Å². The van der Waals surface area contributed by atoms with Crippen molar-refractivity contribution >= 4 is 17.6 Å². The van der Waals surface area contributed by atoms with Crippen molar-refractivity contribution in [2.75, 3.05) is 25.2 Å². The second kappa shape index (κ2) is 7.85. The predicted molar refractivity (Wildman–Crippen MR) is 109 cm³/mol. The van der Waals surface area contributed by atoms with Crippen molar-refractivity contribution in [3.63, 3.8) is 0 Å². The number of fused-ring (bicyclic) bond motifs is 2. The van der Waals surface area contributed by atoms with Gasteiger partial charge in [0.25, 0.3) is 5.91 Å². The van der Waals surface area contributed by atoms with Crippen LogP contribution in [0, 0.1) is 5.92 Å². The first-order valence-corrected chi connectivity index (χ1v) is 10.6. The molecule has 9 nitrogen and oxygen atoms in total. The molecule has 1 saturated heterocycles. The second-order valence-electron chi connectivity index (χ2n) is 8.43. The van der Waals surface area contributed by atoms with Crippen molar-refractivity contribution in [1.29, 1.82) is 0 Å². The third kappa shape index (κ3) is 3.93. The lowest BCUT2D eigenvalue weighted by Crippen LogP contribution is -2.42. The highest BCUT2D eigenvalue weighted by molar-refractivity contribution is 5.93.